The van der Waals surface area contributed by atoms with Crippen LogP contribution >= 0.6 is 11.8 Å². The maximum Gasteiger partial charge on any atom is 0.102 e. The van der Waals surface area contributed by atoms with Gasteiger partial charge in [-0.2, -0.15) is 16.9 Å². The van der Waals surface area contributed by atoms with E-state index in [1.54, 1.807) is 0 Å². The topological polar surface area (TPSA) is 38.0 Å². The molecule has 0 spiro atoms. The van der Waals surface area contributed by atoms with E-state index in [0.29, 0.717) is 0 Å². The molecule has 0 aliphatic carbocycles. The molecule has 17 heavy (non-hydrogen) atoms. The Hall–Kier alpha value is -0.480. The van der Waals surface area contributed by atoms with Crippen LogP contribution in [0.4, 0.5) is 0 Å². The average molecular weight is 254 g/mol. The van der Waals surface area contributed by atoms with Gasteiger partial charge in [-0.25, -0.2) is 0 Å². The van der Waals surface area contributed by atoms with Crippen molar-refractivity contribution in [3.8, 4) is 0 Å². The molecular weight excluding hydrogens is 232 g/mol. The predicted octanol–water partition coefficient (Wildman–Crippen LogP) is 2.64. The Morgan fingerprint density at radius 1 is 1.47 bits per heavy atom. The summed E-state index contributed by atoms with van der Waals surface area (Å²) in [4.78, 5) is 0. The molecule has 2 heterocycles. The molecule has 0 amide bonds. The first-order chi connectivity index (χ1) is 7.95. The molecule has 1 unspecified atom stereocenters. The van der Waals surface area contributed by atoms with Crippen molar-refractivity contribution in [2.45, 2.75) is 45.8 Å². The summed E-state index contributed by atoms with van der Waals surface area (Å²) in [5.41, 5.74) is 0.481. The van der Waals surface area contributed by atoms with Crippen LogP contribution in [0.5, 0.6) is 0 Å². The smallest absolute Gasteiger partial charge is 0.102 e. The maximum absolute atomic E-state index is 10.8. The molecule has 2 rings (SSSR count). The van der Waals surface area contributed by atoms with E-state index in [1.807, 2.05) is 28.8 Å². The van der Waals surface area contributed by atoms with E-state index < -0.39 is 5.60 Å². The quantitative estimate of drug-likeness (QED) is 0.901. The summed E-state index contributed by atoms with van der Waals surface area (Å²) in [6, 6.07) is 0. The number of thioether (sulfide) groups is 1. The van der Waals surface area contributed by atoms with Gasteiger partial charge in [0.1, 0.15) is 5.60 Å². The van der Waals surface area contributed by atoms with E-state index in [-0.39, 0.29) is 5.41 Å². The van der Waals surface area contributed by atoms with Crippen LogP contribution < -0.4 is 0 Å². The summed E-state index contributed by atoms with van der Waals surface area (Å²) in [5, 5.41) is 15.1. The van der Waals surface area contributed by atoms with E-state index in [0.717, 1.165) is 36.5 Å². The summed E-state index contributed by atoms with van der Waals surface area (Å²) in [6.45, 7) is 7.50. The van der Waals surface area contributed by atoms with E-state index in [4.69, 9.17) is 0 Å². The highest BCUT2D eigenvalue weighted by molar-refractivity contribution is 7.99. The Kier molecular flexibility index (Phi) is 3.55. The molecular formula is C13H22N2OS. The third-order valence-corrected chi connectivity index (χ3v) is 4.90. The Morgan fingerprint density at radius 3 is 2.88 bits per heavy atom. The van der Waals surface area contributed by atoms with E-state index >= 15 is 0 Å². The molecule has 1 N–H and O–H groups in total. The second-order valence-electron chi connectivity index (χ2n) is 5.86. The molecule has 1 saturated heterocycles. The highest BCUT2D eigenvalue weighted by Gasteiger charge is 2.40. The number of hydrogen-bond donors (Lipinski definition) is 1. The lowest BCUT2D eigenvalue weighted by Gasteiger charge is -2.40. The van der Waals surface area contributed by atoms with Gasteiger partial charge in [0.05, 0.1) is 6.20 Å². The van der Waals surface area contributed by atoms with Crippen molar-refractivity contribution in [1.82, 2.24) is 9.78 Å². The normalized spacial score (nSPS) is 28.2. The molecule has 96 valence electrons. The lowest BCUT2D eigenvalue weighted by atomic mass is 9.79. The van der Waals surface area contributed by atoms with Gasteiger partial charge in [-0.05, 0) is 24.0 Å². The van der Waals surface area contributed by atoms with Gasteiger partial charge >= 0.3 is 0 Å². The minimum Gasteiger partial charge on any atom is -0.384 e. The molecule has 0 radical (unpaired) electrons. The van der Waals surface area contributed by atoms with Crippen LogP contribution in [-0.4, -0.2) is 26.4 Å². The third kappa shape index (κ3) is 2.86. The molecule has 0 bridgehead atoms. The summed E-state index contributed by atoms with van der Waals surface area (Å²) in [7, 11) is 0. The van der Waals surface area contributed by atoms with Gasteiger partial charge in [0.25, 0.3) is 0 Å². The van der Waals surface area contributed by atoms with Crippen LogP contribution in [-0.2, 0) is 12.1 Å². The molecule has 4 heteroatoms. The molecule has 1 aromatic rings. The number of nitrogens with zero attached hydrogens (tertiary/aromatic N) is 2. The lowest BCUT2D eigenvalue weighted by Crippen LogP contribution is -2.39. The number of aliphatic hydroxyl groups is 1. The first-order valence-electron chi connectivity index (χ1n) is 6.28. The van der Waals surface area contributed by atoms with Gasteiger partial charge in [-0.15, -0.1) is 0 Å². The van der Waals surface area contributed by atoms with Gasteiger partial charge < -0.3 is 5.11 Å². The summed E-state index contributed by atoms with van der Waals surface area (Å²) >= 11 is 1.84. The first-order valence-corrected chi connectivity index (χ1v) is 7.44. The molecule has 1 atom stereocenters. The van der Waals surface area contributed by atoms with Crippen molar-refractivity contribution in [3.05, 3.63) is 18.0 Å². The summed E-state index contributed by atoms with van der Waals surface area (Å²) in [6.07, 6.45) is 5.73. The zero-order valence-corrected chi connectivity index (χ0v) is 11.8. The zero-order chi connectivity index (χ0) is 12.5. The van der Waals surface area contributed by atoms with Crippen molar-refractivity contribution >= 4 is 11.8 Å². The molecule has 3 nitrogen and oxygen atoms in total. The second kappa shape index (κ2) is 4.65. The second-order valence-corrected chi connectivity index (χ2v) is 6.84. The number of rotatable bonds is 3. The minimum atomic E-state index is -0.696. The van der Waals surface area contributed by atoms with Gasteiger partial charge in [0.15, 0.2) is 0 Å². The zero-order valence-electron chi connectivity index (χ0n) is 10.9. The van der Waals surface area contributed by atoms with Gasteiger partial charge in [-0.3, -0.25) is 4.68 Å². The third-order valence-electron chi connectivity index (χ3n) is 3.23. The van der Waals surface area contributed by atoms with E-state index in [2.05, 4.69) is 25.9 Å². The Bertz CT molecular complexity index is 389. The molecule has 0 saturated carbocycles. The van der Waals surface area contributed by atoms with Crippen molar-refractivity contribution in [3.63, 3.8) is 0 Å². The van der Waals surface area contributed by atoms with Gasteiger partial charge in [-0.1, -0.05) is 20.8 Å². The van der Waals surface area contributed by atoms with Crippen LogP contribution in [0, 0.1) is 5.41 Å². The van der Waals surface area contributed by atoms with Crippen LogP contribution in [0.25, 0.3) is 0 Å². The van der Waals surface area contributed by atoms with Crippen LogP contribution in [0.15, 0.2) is 12.4 Å². The molecule has 0 aromatic carbocycles. The van der Waals surface area contributed by atoms with E-state index in [1.165, 1.54) is 0 Å². The Morgan fingerprint density at radius 2 is 2.24 bits per heavy atom. The average Bonchev–Trinajstić information content (AvgIpc) is 2.65. The fraction of sp³-hybridized carbons (Fsp3) is 0.769. The number of hydrogen-bond acceptors (Lipinski definition) is 3. The molecule has 1 fully saturated rings. The SMILES string of the molecule is CCCn1cc(C2(O)CSCC(C)(C)C2)cn1. The largest absolute Gasteiger partial charge is 0.384 e. The predicted molar refractivity (Wildman–Crippen MR) is 72.1 cm³/mol. The molecule has 1 aliphatic heterocycles. The maximum atomic E-state index is 10.8. The Balaban J connectivity index is 2.18. The number of aromatic nitrogens is 2. The monoisotopic (exact) mass is 254 g/mol. The number of aryl methyl sites for hydroxylation is 1. The summed E-state index contributed by atoms with van der Waals surface area (Å²) < 4.78 is 1.93. The highest BCUT2D eigenvalue weighted by atomic mass is 32.2. The minimum absolute atomic E-state index is 0.199. The van der Waals surface area contributed by atoms with Crippen LogP contribution in [0.2, 0.25) is 0 Å². The fourth-order valence-electron chi connectivity index (χ4n) is 2.53. The van der Waals surface area contributed by atoms with Crippen molar-refractivity contribution in [2.75, 3.05) is 11.5 Å². The van der Waals surface area contributed by atoms with Crippen LogP contribution in [0.1, 0.15) is 39.2 Å². The lowest BCUT2D eigenvalue weighted by molar-refractivity contribution is 0.0155. The van der Waals surface area contributed by atoms with Crippen molar-refractivity contribution in [2.24, 2.45) is 5.41 Å². The van der Waals surface area contributed by atoms with Crippen molar-refractivity contribution < 1.29 is 5.11 Å². The van der Waals surface area contributed by atoms with Crippen LogP contribution in [0.3, 0.4) is 0 Å². The Labute approximate surface area is 108 Å². The van der Waals surface area contributed by atoms with Gasteiger partial charge in [0, 0.05) is 24.1 Å². The molecule has 1 aliphatic rings. The van der Waals surface area contributed by atoms with Crippen molar-refractivity contribution in [1.29, 1.82) is 0 Å². The summed E-state index contributed by atoms with van der Waals surface area (Å²) in [5.74, 6) is 1.91. The first kappa shape index (κ1) is 13.0. The van der Waals surface area contributed by atoms with E-state index in [9.17, 15) is 5.11 Å². The highest BCUT2D eigenvalue weighted by Crippen LogP contribution is 2.44. The van der Waals surface area contributed by atoms with Gasteiger partial charge in [0.2, 0.25) is 0 Å². The molecule has 1 aromatic heterocycles. The fourth-order valence-corrected chi connectivity index (χ4v) is 3.89. The standard InChI is InChI=1S/C13H22N2OS/c1-4-5-15-7-11(6-14-15)13(16)8-12(2,3)9-17-10-13/h6-7,16H,4-5,8-10H2,1-3H3.